The number of fused-ring (bicyclic) bond motifs is 1. The summed E-state index contributed by atoms with van der Waals surface area (Å²) >= 11 is 1.19. The zero-order chi connectivity index (χ0) is 32.5. The fourth-order valence-electron chi connectivity index (χ4n) is 4.66. The van der Waals surface area contributed by atoms with Gasteiger partial charge in [0.05, 0.1) is 48.8 Å². The van der Waals surface area contributed by atoms with Gasteiger partial charge in [-0.05, 0) is 69.2 Å². The van der Waals surface area contributed by atoms with Crippen LogP contribution in [0.25, 0.3) is 6.08 Å². The second kappa shape index (κ2) is 15.1. The molecule has 0 N–H and O–H groups in total. The highest BCUT2D eigenvalue weighted by Crippen LogP contribution is 2.36. The van der Waals surface area contributed by atoms with Gasteiger partial charge >= 0.3 is 11.9 Å². The van der Waals surface area contributed by atoms with Gasteiger partial charge in [0, 0.05) is 0 Å². The quantitative estimate of drug-likeness (QED) is 0.206. The van der Waals surface area contributed by atoms with Crippen LogP contribution in [0, 0.1) is 12.3 Å². The molecule has 0 unspecified atom stereocenters. The number of nitrogens with zero attached hydrogens (tertiary/aromatic N) is 2. The topological polar surface area (TPSA) is 124 Å². The van der Waals surface area contributed by atoms with E-state index in [2.05, 4.69) is 15.6 Å². The zero-order valence-electron chi connectivity index (χ0n) is 25.7. The summed E-state index contributed by atoms with van der Waals surface area (Å²) in [5.74, 6) is 2.90. The van der Waals surface area contributed by atoms with Crippen LogP contribution < -0.4 is 33.8 Å². The van der Waals surface area contributed by atoms with E-state index in [1.54, 1.807) is 63.2 Å². The second-order valence-electron chi connectivity index (χ2n) is 9.44. The standard InChI is InChI=1S/C33H34N2O9S/c1-7-15-43-23-13-11-21(16-25(23)40-8-2)17-27-31(37)35-30(29(32(38)42-10-4)20(5)34-33(35)45-27)22-12-14-24(26(18-22)41-9-3)44-19-28(36)39-6/h1,11-14,16-18,30H,8-10,15,19H2,2-6H3/b27-17-/t30-/m1/s1. The first-order valence-electron chi connectivity index (χ1n) is 14.2. The summed E-state index contributed by atoms with van der Waals surface area (Å²) < 4.78 is 34.7. The Hall–Kier alpha value is -5.02. The maximum Gasteiger partial charge on any atom is 0.343 e. The summed E-state index contributed by atoms with van der Waals surface area (Å²) in [5.41, 5.74) is 1.54. The molecule has 0 aliphatic carbocycles. The smallest absolute Gasteiger partial charge is 0.343 e. The van der Waals surface area contributed by atoms with Gasteiger partial charge in [-0.25, -0.2) is 14.6 Å². The molecular formula is C33H34N2O9S. The van der Waals surface area contributed by atoms with Crippen molar-refractivity contribution in [2.24, 2.45) is 4.99 Å². The van der Waals surface area contributed by atoms with Gasteiger partial charge in [0.25, 0.3) is 5.56 Å². The second-order valence-corrected chi connectivity index (χ2v) is 10.4. The lowest BCUT2D eigenvalue weighted by molar-refractivity contribution is -0.143. The Morgan fingerprint density at radius 3 is 2.33 bits per heavy atom. The molecule has 0 bridgehead atoms. The molecule has 0 radical (unpaired) electrons. The van der Waals surface area contributed by atoms with Gasteiger partial charge in [-0.1, -0.05) is 29.4 Å². The van der Waals surface area contributed by atoms with E-state index in [4.69, 9.17) is 30.1 Å². The Kier molecular flexibility index (Phi) is 11.0. The largest absolute Gasteiger partial charge is 0.490 e. The van der Waals surface area contributed by atoms with Crippen molar-refractivity contribution in [2.45, 2.75) is 33.7 Å². The molecule has 1 aromatic heterocycles. The van der Waals surface area contributed by atoms with Crippen LogP contribution in [0.1, 0.15) is 44.9 Å². The van der Waals surface area contributed by atoms with Crippen LogP contribution in [0.15, 0.2) is 57.5 Å². The first-order chi connectivity index (χ1) is 21.8. The zero-order valence-corrected chi connectivity index (χ0v) is 26.5. The van der Waals surface area contributed by atoms with Crippen molar-refractivity contribution < 1.29 is 38.0 Å². The number of carbonyl (C=O) groups excluding carboxylic acids is 2. The predicted molar refractivity (Wildman–Crippen MR) is 167 cm³/mol. The number of methoxy groups -OCH3 is 1. The predicted octanol–water partition coefficient (Wildman–Crippen LogP) is 3.16. The van der Waals surface area contributed by atoms with Crippen molar-refractivity contribution in [3.05, 3.63) is 78.5 Å². The number of rotatable bonds is 13. The SMILES string of the molecule is C#CCOc1ccc(/C=c2\sc3n(c2=O)[C@H](c2ccc(OCC(=O)OC)c(OCC)c2)C(C(=O)OCC)=C(C)N=3)cc1OCC. The highest BCUT2D eigenvalue weighted by Gasteiger charge is 2.34. The lowest BCUT2D eigenvalue weighted by atomic mass is 9.95. The number of esters is 2. The molecule has 1 atom stereocenters. The first kappa shape index (κ1) is 32.9. The van der Waals surface area contributed by atoms with Crippen molar-refractivity contribution >= 4 is 29.4 Å². The molecule has 45 heavy (non-hydrogen) atoms. The van der Waals surface area contributed by atoms with Crippen molar-refractivity contribution in [1.82, 2.24) is 4.57 Å². The Morgan fingerprint density at radius 2 is 1.67 bits per heavy atom. The summed E-state index contributed by atoms with van der Waals surface area (Å²) in [4.78, 5) is 44.1. The van der Waals surface area contributed by atoms with Gasteiger partial charge in [0.15, 0.2) is 34.4 Å². The highest BCUT2D eigenvalue weighted by molar-refractivity contribution is 7.07. The van der Waals surface area contributed by atoms with Crippen LogP contribution in [0.5, 0.6) is 23.0 Å². The van der Waals surface area contributed by atoms with Gasteiger partial charge in [-0.3, -0.25) is 9.36 Å². The minimum absolute atomic E-state index is 0.0869. The lowest BCUT2D eigenvalue weighted by Crippen LogP contribution is -2.40. The summed E-state index contributed by atoms with van der Waals surface area (Å²) in [6.07, 6.45) is 7.07. The number of carbonyl (C=O) groups is 2. The van der Waals surface area contributed by atoms with Gasteiger partial charge in [-0.2, -0.15) is 0 Å². The third-order valence-corrected chi connectivity index (χ3v) is 7.53. The maximum absolute atomic E-state index is 14.1. The molecule has 1 aliphatic heterocycles. The Bertz CT molecular complexity index is 1830. The molecule has 2 aromatic carbocycles. The minimum atomic E-state index is -0.880. The summed E-state index contributed by atoms with van der Waals surface area (Å²) in [6.45, 7) is 7.69. The molecule has 0 spiro atoms. The number of thiazole rings is 1. The number of ether oxygens (including phenoxy) is 6. The number of terminal acetylenes is 1. The fraction of sp³-hybridized carbons (Fsp3) is 0.333. The monoisotopic (exact) mass is 634 g/mol. The van der Waals surface area contributed by atoms with E-state index in [1.807, 2.05) is 6.92 Å². The number of allylic oxidation sites excluding steroid dienone is 1. The van der Waals surface area contributed by atoms with Crippen LogP contribution in [0.4, 0.5) is 0 Å². The maximum atomic E-state index is 14.1. The molecule has 0 fully saturated rings. The minimum Gasteiger partial charge on any atom is -0.490 e. The van der Waals surface area contributed by atoms with E-state index in [1.165, 1.54) is 23.0 Å². The van der Waals surface area contributed by atoms with E-state index in [0.29, 0.717) is 62.4 Å². The van der Waals surface area contributed by atoms with Crippen molar-refractivity contribution in [3.63, 3.8) is 0 Å². The third-order valence-electron chi connectivity index (χ3n) is 6.55. The molecule has 1 aliphatic rings. The van der Waals surface area contributed by atoms with Crippen LogP contribution in [0.3, 0.4) is 0 Å². The van der Waals surface area contributed by atoms with Gasteiger partial charge in [-0.15, -0.1) is 6.42 Å². The normalized spacial score (nSPS) is 14.1. The Morgan fingerprint density at radius 1 is 0.978 bits per heavy atom. The number of hydrogen-bond donors (Lipinski definition) is 0. The Balaban J connectivity index is 1.87. The molecule has 4 rings (SSSR count). The van der Waals surface area contributed by atoms with Crippen LogP contribution in [-0.2, 0) is 19.1 Å². The lowest BCUT2D eigenvalue weighted by Gasteiger charge is -2.25. The highest BCUT2D eigenvalue weighted by atomic mass is 32.1. The summed E-state index contributed by atoms with van der Waals surface area (Å²) in [6, 6.07) is 9.42. The number of benzene rings is 2. The van der Waals surface area contributed by atoms with Crippen molar-refractivity contribution in [1.29, 1.82) is 0 Å². The van der Waals surface area contributed by atoms with E-state index in [-0.39, 0.29) is 31.0 Å². The van der Waals surface area contributed by atoms with E-state index < -0.39 is 18.0 Å². The third kappa shape index (κ3) is 7.38. The van der Waals surface area contributed by atoms with Gasteiger partial charge < -0.3 is 28.4 Å². The van der Waals surface area contributed by atoms with Crippen LogP contribution >= 0.6 is 11.3 Å². The molecule has 236 valence electrons. The van der Waals surface area contributed by atoms with Crippen molar-refractivity contribution in [2.75, 3.05) is 40.1 Å². The number of aromatic nitrogens is 1. The average Bonchev–Trinajstić information content (AvgIpc) is 3.33. The molecule has 3 aromatic rings. The van der Waals surface area contributed by atoms with Gasteiger partial charge in [0.1, 0.15) is 6.61 Å². The molecule has 0 saturated heterocycles. The molecule has 2 heterocycles. The van der Waals surface area contributed by atoms with E-state index in [9.17, 15) is 14.4 Å². The molecule has 0 saturated carbocycles. The van der Waals surface area contributed by atoms with E-state index in [0.717, 1.165) is 0 Å². The van der Waals surface area contributed by atoms with Crippen molar-refractivity contribution in [3.8, 4) is 35.3 Å². The van der Waals surface area contributed by atoms with Gasteiger partial charge in [0.2, 0.25) is 0 Å². The van der Waals surface area contributed by atoms with Crippen LogP contribution in [0.2, 0.25) is 0 Å². The number of hydrogen-bond acceptors (Lipinski definition) is 11. The Labute approximate surface area is 264 Å². The summed E-state index contributed by atoms with van der Waals surface area (Å²) in [7, 11) is 1.27. The molecule has 0 amide bonds. The fourth-order valence-corrected chi connectivity index (χ4v) is 5.70. The first-order valence-corrected chi connectivity index (χ1v) is 15.1. The van der Waals surface area contributed by atoms with Crippen LogP contribution in [-0.4, -0.2) is 56.6 Å². The molecule has 11 nitrogen and oxygen atoms in total. The van der Waals surface area contributed by atoms with E-state index >= 15 is 0 Å². The average molecular weight is 635 g/mol. The molecular weight excluding hydrogens is 600 g/mol. The summed E-state index contributed by atoms with van der Waals surface area (Å²) in [5, 5.41) is 0. The molecule has 12 heteroatoms.